The molecule has 1 aromatic carbocycles. The molecule has 23 heavy (non-hydrogen) atoms. The smallest absolute Gasteiger partial charge is 0.320 e. The summed E-state index contributed by atoms with van der Waals surface area (Å²) in [5, 5.41) is 9.55. The van der Waals surface area contributed by atoms with Crippen molar-refractivity contribution in [2.24, 2.45) is 0 Å². The van der Waals surface area contributed by atoms with Crippen LogP contribution in [0, 0.1) is 0 Å². The lowest BCUT2D eigenvalue weighted by Gasteiger charge is -2.31. The topological polar surface area (TPSA) is 53.4 Å². The Labute approximate surface area is 140 Å². The van der Waals surface area contributed by atoms with E-state index in [4.69, 9.17) is 0 Å². The van der Waals surface area contributed by atoms with Gasteiger partial charge in [0.05, 0.1) is 6.04 Å². The predicted octanol–water partition coefficient (Wildman–Crippen LogP) is 3.44. The van der Waals surface area contributed by atoms with Gasteiger partial charge in [-0.1, -0.05) is 18.2 Å². The fraction of sp³-hybridized carbons (Fsp3) is 0.333. The van der Waals surface area contributed by atoms with Crippen molar-refractivity contribution in [3.05, 3.63) is 59.9 Å². The first-order valence-electron chi connectivity index (χ1n) is 7.73. The molecule has 1 aliphatic heterocycles. The Morgan fingerprint density at radius 2 is 2.09 bits per heavy atom. The summed E-state index contributed by atoms with van der Waals surface area (Å²) in [5.41, 5.74) is 2.15. The number of rotatable bonds is 5. The molecule has 0 saturated carbocycles. The number of aliphatic carboxylic acids is 1. The molecule has 5 heteroatoms. The number of nitrogens with zero attached hydrogens (tertiary/aromatic N) is 2. The zero-order valence-corrected chi connectivity index (χ0v) is 13.9. The average molecular weight is 328 g/mol. The second-order valence-electron chi connectivity index (χ2n) is 5.70. The fourth-order valence-electron chi connectivity index (χ4n) is 3.26. The van der Waals surface area contributed by atoms with E-state index in [1.807, 2.05) is 18.3 Å². The number of carboxylic acids is 1. The van der Waals surface area contributed by atoms with Crippen molar-refractivity contribution in [3.63, 3.8) is 0 Å². The molecule has 1 fully saturated rings. The molecule has 1 aromatic heterocycles. The molecular formula is C18H20N2O2S. The summed E-state index contributed by atoms with van der Waals surface area (Å²) >= 11 is 1.70. The van der Waals surface area contributed by atoms with Crippen molar-refractivity contribution in [2.75, 3.05) is 12.8 Å². The SMILES string of the molecule is CSc1ccc(C(c2cccnc2)N2CCCC2C(=O)O)cc1. The Balaban J connectivity index is 2.01. The van der Waals surface area contributed by atoms with Gasteiger partial charge in [-0.2, -0.15) is 0 Å². The van der Waals surface area contributed by atoms with E-state index in [9.17, 15) is 9.90 Å². The number of benzene rings is 1. The Kier molecular flexibility index (Phi) is 4.98. The number of hydrogen-bond acceptors (Lipinski definition) is 4. The monoisotopic (exact) mass is 328 g/mol. The Morgan fingerprint density at radius 1 is 1.30 bits per heavy atom. The molecule has 1 aliphatic rings. The molecule has 0 amide bonds. The van der Waals surface area contributed by atoms with Gasteiger partial charge in [0.15, 0.2) is 0 Å². The molecule has 0 spiro atoms. The van der Waals surface area contributed by atoms with Crippen molar-refractivity contribution < 1.29 is 9.90 Å². The van der Waals surface area contributed by atoms with Crippen LogP contribution in [0.4, 0.5) is 0 Å². The van der Waals surface area contributed by atoms with Crippen molar-refractivity contribution in [1.82, 2.24) is 9.88 Å². The highest BCUT2D eigenvalue weighted by molar-refractivity contribution is 7.98. The fourth-order valence-corrected chi connectivity index (χ4v) is 3.67. The first kappa shape index (κ1) is 16.0. The van der Waals surface area contributed by atoms with E-state index >= 15 is 0 Å². The van der Waals surface area contributed by atoms with Crippen LogP contribution in [0.25, 0.3) is 0 Å². The van der Waals surface area contributed by atoms with Crippen molar-refractivity contribution >= 4 is 17.7 Å². The van der Waals surface area contributed by atoms with Gasteiger partial charge in [0.2, 0.25) is 0 Å². The molecule has 0 bridgehead atoms. The summed E-state index contributed by atoms with van der Waals surface area (Å²) in [7, 11) is 0. The molecule has 2 unspecified atom stereocenters. The highest BCUT2D eigenvalue weighted by Gasteiger charge is 2.36. The molecule has 2 heterocycles. The largest absolute Gasteiger partial charge is 0.480 e. The van der Waals surface area contributed by atoms with Crippen LogP contribution in [0.2, 0.25) is 0 Å². The van der Waals surface area contributed by atoms with E-state index < -0.39 is 12.0 Å². The van der Waals surface area contributed by atoms with Crippen LogP contribution in [0.3, 0.4) is 0 Å². The Bertz CT molecular complexity index is 660. The zero-order chi connectivity index (χ0) is 16.2. The summed E-state index contributed by atoms with van der Waals surface area (Å²) in [6, 6.07) is 11.8. The maximum absolute atomic E-state index is 11.6. The maximum atomic E-state index is 11.6. The molecular weight excluding hydrogens is 308 g/mol. The predicted molar refractivity (Wildman–Crippen MR) is 91.7 cm³/mol. The van der Waals surface area contributed by atoms with Gasteiger partial charge in [-0.25, -0.2) is 0 Å². The first-order chi connectivity index (χ1) is 11.2. The van der Waals surface area contributed by atoms with Gasteiger partial charge < -0.3 is 5.11 Å². The number of aromatic nitrogens is 1. The minimum absolute atomic E-state index is 0.0665. The molecule has 2 atom stereocenters. The van der Waals surface area contributed by atoms with Gasteiger partial charge in [0.25, 0.3) is 0 Å². The third kappa shape index (κ3) is 3.41. The number of likely N-dealkylation sites (tertiary alicyclic amines) is 1. The number of pyridine rings is 1. The molecule has 3 rings (SSSR count). The van der Waals surface area contributed by atoms with Crippen molar-refractivity contribution in [1.29, 1.82) is 0 Å². The normalized spacial score (nSPS) is 19.6. The third-order valence-electron chi connectivity index (χ3n) is 4.34. The summed E-state index contributed by atoms with van der Waals surface area (Å²) in [6.45, 7) is 0.792. The van der Waals surface area contributed by atoms with Gasteiger partial charge in [0, 0.05) is 23.8 Å². The lowest BCUT2D eigenvalue weighted by Crippen LogP contribution is -2.39. The van der Waals surface area contributed by atoms with E-state index in [0.29, 0.717) is 6.42 Å². The number of thioether (sulfide) groups is 1. The van der Waals surface area contributed by atoms with Crippen LogP contribution >= 0.6 is 11.8 Å². The van der Waals surface area contributed by atoms with E-state index in [-0.39, 0.29) is 6.04 Å². The first-order valence-corrected chi connectivity index (χ1v) is 8.95. The van der Waals surface area contributed by atoms with Gasteiger partial charge in [0.1, 0.15) is 6.04 Å². The second-order valence-corrected chi connectivity index (χ2v) is 6.58. The third-order valence-corrected chi connectivity index (χ3v) is 5.09. The van der Waals surface area contributed by atoms with Gasteiger partial charge in [-0.3, -0.25) is 14.7 Å². The van der Waals surface area contributed by atoms with Gasteiger partial charge in [-0.15, -0.1) is 11.8 Å². The molecule has 2 aromatic rings. The molecule has 0 radical (unpaired) electrons. The quantitative estimate of drug-likeness (QED) is 0.852. The highest BCUT2D eigenvalue weighted by atomic mass is 32.2. The van der Waals surface area contributed by atoms with Crippen molar-refractivity contribution in [3.8, 4) is 0 Å². The standard InChI is InChI=1S/C18H20N2O2S/c1-23-15-8-6-13(7-9-15)17(14-4-2-10-19-12-14)20-11-3-5-16(20)18(21)22/h2,4,6-10,12,16-17H,3,5,11H2,1H3,(H,21,22). The average Bonchev–Trinajstić information content (AvgIpc) is 3.06. The van der Waals surface area contributed by atoms with Crippen LogP contribution in [0.15, 0.2) is 53.7 Å². The Hall–Kier alpha value is -1.85. The lowest BCUT2D eigenvalue weighted by atomic mass is 9.97. The Morgan fingerprint density at radius 3 is 2.70 bits per heavy atom. The van der Waals surface area contributed by atoms with Crippen LogP contribution in [0.5, 0.6) is 0 Å². The summed E-state index contributed by atoms with van der Waals surface area (Å²) in [4.78, 5) is 19.1. The molecule has 1 N–H and O–H groups in total. The number of carboxylic acid groups (broad SMARTS) is 1. The zero-order valence-electron chi connectivity index (χ0n) is 13.1. The highest BCUT2D eigenvalue weighted by Crippen LogP contribution is 2.35. The van der Waals surface area contributed by atoms with Crippen LogP contribution < -0.4 is 0 Å². The van der Waals surface area contributed by atoms with Crippen LogP contribution in [0.1, 0.15) is 30.0 Å². The van der Waals surface area contributed by atoms with E-state index in [1.165, 1.54) is 4.90 Å². The number of carbonyl (C=O) groups is 1. The summed E-state index contributed by atoms with van der Waals surface area (Å²) in [6.07, 6.45) is 7.25. The number of hydrogen-bond donors (Lipinski definition) is 1. The molecule has 4 nitrogen and oxygen atoms in total. The van der Waals surface area contributed by atoms with Crippen LogP contribution in [-0.2, 0) is 4.79 Å². The second kappa shape index (κ2) is 7.15. The van der Waals surface area contributed by atoms with Crippen LogP contribution in [-0.4, -0.2) is 39.8 Å². The lowest BCUT2D eigenvalue weighted by molar-refractivity contribution is -0.142. The minimum Gasteiger partial charge on any atom is -0.480 e. The van der Waals surface area contributed by atoms with E-state index in [2.05, 4.69) is 40.4 Å². The molecule has 120 valence electrons. The van der Waals surface area contributed by atoms with Gasteiger partial charge in [-0.05, 0) is 48.4 Å². The summed E-state index contributed by atoms with van der Waals surface area (Å²) in [5.74, 6) is -0.739. The van der Waals surface area contributed by atoms with E-state index in [1.54, 1.807) is 18.0 Å². The molecule has 0 aliphatic carbocycles. The van der Waals surface area contributed by atoms with E-state index in [0.717, 1.165) is 24.1 Å². The summed E-state index contributed by atoms with van der Waals surface area (Å²) < 4.78 is 0. The van der Waals surface area contributed by atoms with Crippen molar-refractivity contribution in [2.45, 2.75) is 29.8 Å². The molecule has 1 saturated heterocycles. The van der Waals surface area contributed by atoms with Gasteiger partial charge >= 0.3 is 5.97 Å². The maximum Gasteiger partial charge on any atom is 0.320 e. The minimum atomic E-state index is -0.739.